The van der Waals surface area contributed by atoms with E-state index < -0.39 is 58.8 Å². The molecule has 2 saturated heterocycles. The Labute approximate surface area is 351 Å². The lowest BCUT2D eigenvalue weighted by atomic mass is 9.92. The molecule has 0 saturated carbocycles. The van der Waals surface area contributed by atoms with Crippen LogP contribution in [0.5, 0.6) is 5.88 Å². The summed E-state index contributed by atoms with van der Waals surface area (Å²) in [4.78, 5) is 74.5. The van der Waals surface area contributed by atoms with Gasteiger partial charge >= 0.3 is 6.18 Å². The minimum atomic E-state index is -4.56. The normalized spacial score (nSPS) is 17.4. The first-order valence-corrected chi connectivity index (χ1v) is 19.8. The lowest BCUT2D eigenvalue weighted by Gasteiger charge is -2.33. The van der Waals surface area contributed by atoms with E-state index in [1.807, 2.05) is 32.0 Å². The molecule has 1 atom stereocenters. The molecule has 8 rings (SSSR count). The van der Waals surface area contributed by atoms with E-state index >= 15 is 4.39 Å². The SMILES string of the molecule is Cc1ccc(-n2cc(C(=O)NCc3nc(C(C)(C)C(F)(F)F)n[nH]3)cn2)c(C)c1-c1ccc(OC2CCN(c3cc4c(cc3F)C(=O)N(C3CCC(=O)NC3=O)C4=O)CC2)nc1. The number of ether oxygens (including phenoxy) is 1. The molecule has 6 heterocycles. The number of pyridine rings is 1. The van der Waals surface area contributed by atoms with E-state index in [4.69, 9.17) is 4.74 Å². The second-order valence-corrected chi connectivity index (χ2v) is 16.0. The summed E-state index contributed by atoms with van der Waals surface area (Å²) < 4.78 is 63.5. The third-order valence-corrected chi connectivity index (χ3v) is 11.6. The number of carbonyl (C=O) groups excluding carboxylic acids is 5. The molecule has 3 aliphatic heterocycles. The quantitative estimate of drug-likeness (QED) is 0.126. The topological polar surface area (TPSA) is 197 Å². The fourth-order valence-electron chi connectivity index (χ4n) is 7.85. The number of aromatic amines is 1. The number of carbonyl (C=O) groups is 5. The molecule has 20 heteroatoms. The van der Waals surface area contributed by atoms with Gasteiger partial charge in [-0.2, -0.15) is 23.4 Å². The van der Waals surface area contributed by atoms with E-state index in [0.717, 1.165) is 47.1 Å². The number of fused-ring (bicyclic) bond motifs is 1. The molecule has 0 radical (unpaired) electrons. The predicted molar refractivity (Wildman–Crippen MR) is 212 cm³/mol. The van der Waals surface area contributed by atoms with E-state index in [1.165, 1.54) is 12.3 Å². The number of rotatable bonds is 10. The van der Waals surface area contributed by atoms with Gasteiger partial charge in [-0.1, -0.05) is 6.07 Å². The van der Waals surface area contributed by atoms with Gasteiger partial charge in [0.2, 0.25) is 17.7 Å². The van der Waals surface area contributed by atoms with Gasteiger partial charge < -0.3 is 15.0 Å². The molecule has 3 aliphatic rings. The van der Waals surface area contributed by atoms with Gasteiger partial charge in [0.15, 0.2) is 5.82 Å². The molecule has 16 nitrogen and oxygen atoms in total. The van der Waals surface area contributed by atoms with Crippen molar-refractivity contribution in [2.45, 2.75) is 83.7 Å². The van der Waals surface area contributed by atoms with Crippen molar-refractivity contribution in [3.63, 3.8) is 0 Å². The van der Waals surface area contributed by atoms with Crippen LogP contribution in [0.1, 0.15) is 93.4 Å². The van der Waals surface area contributed by atoms with Crippen LogP contribution in [0, 0.1) is 19.7 Å². The summed E-state index contributed by atoms with van der Waals surface area (Å²) in [6.07, 6.45) is 0.847. The highest BCUT2D eigenvalue weighted by Crippen LogP contribution is 2.39. The van der Waals surface area contributed by atoms with Gasteiger partial charge in [-0.05, 0) is 75.1 Å². The van der Waals surface area contributed by atoms with E-state index in [9.17, 15) is 37.1 Å². The van der Waals surface area contributed by atoms with Crippen molar-refractivity contribution >= 4 is 35.2 Å². The monoisotopic (exact) mass is 856 g/mol. The Hall–Kier alpha value is -6.99. The first-order chi connectivity index (χ1) is 29.4. The summed E-state index contributed by atoms with van der Waals surface area (Å²) in [5.41, 5.74) is 2.23. The number of alkyl halides is 3. The van der Waals surface area contributed by atoms with E-state index in [-0.39, 0.29) is 53.7 Å². The van der Waals surface area contributed by atoms with Crippen LogP contribution in [0.15, 0.2) is 55.0 Å². The third-order valence-electron chi connectivity index (χ3n) is 11.6. The summed E-state index contributed by atoms with van der Waals surface area (Å²) in [6.45, 7) is 6.45. The van der Waals surface area contributed by atoms with Crippen molar-refractivity contribution in [1.82, 2.24) is 45.5 Å². The molecule has 5 amide bonds. The van der Waals surface area contributed by atoms with Crippen LogP contribution in [0.25, 0.3) is 16.8 Å². The van der Waals surface area contributed by atoms with Crippen LogP contribution in [0.4, 0.5) is 23.2 Å². The maximum atomic E-state index is 15.5. The number of amides is 5. The second-order valence-electron chi connectivity index (χ2n) is 16.0. The molecule has 0 spiro atoms. The summed E-state index contributed by atoms with van der Waals surface area (Å²) >= 11 is 0. The molecule has 3 aromatic heterocycles. The first kappa shape index (κ1) is 41.7. The van der Waals surface area contributed by atoms with Crippen molar-refractivity contribution in [2.75, 3.05) is 18.0 Å². The molecule has 322 valence electrons. The van der Waals surface area contributed by atoms with Crippen LogP contribution in [-0.4, -0.2) is 95.8 Å². The number of nitrogens with zero attached hydrogens (tertiary/aromatic N) is 7. The van der Waals surface area contributed by atoms with Crippen LogP contribution in [-0.2, 0) is 21.5 Å². The van der Waals surface area contributed by atoms with Gasteiger partial charge in [-0.15, -0.1) is 0 Å². The number of nitrogens with one attached hydrogen (secondary N) is 3. The Bertz CT molecular complexity index is 2630. The average Bonchev–Trinajstić information content (AvgIpc) is 3.97. The number of hydrogen-bond donors (Lipinski definition) is 3. The summed E-state index contributed by atoms with van der Waals surface area (Å²) in [5.74, 6) is -3.85. The zero-order valence-electron chi connectivity index (χ0n) is 33.9. The number of halogens is 4. The number of anilines is 1. The summed E-state index contributed by atoms with van der Waals surface area (Å²) in [7, 11) is 0. The number of piperidine rings is 2. The number of aromatic nitrogens is 6. The summed E-state index contributed by atoms with van der Waals surface area (Å²) in [5, 5.41) is 15.3. The summed E-state index contributed by atoms with van der Waals surface area (Å²) in [6, 6.07) is 8.69. The average molecular weight is 857 g/mol. The molecular weight excluding hydrogens is 817 g/mol. The minimum absolute atomic E-state index is 0.000709. The highest BCUT2D eigenvalue weighted by Gasteiger charge is 2.51. The van der Waals surface area contributed by atoms with Gasteiger partial charge in [0.05, 0.1) is 40.8 Å². The fourth-order valence-corrected chi connectivity index (χ4v) is 7.85. The zero-order valence-corrected chi connectivity index (χ0v) is 33.9. The zero-order chi connectivity index (χ0) is 44.2. The first-order valence-electron chi connectivity index (χ1n) is 19.8. The van der Waals surface area contributed by atoms with Gasteiger partial charge in [-0.25, -0.2) is 19.0 Å². The van der Waals surface area contributed by atoms with Gasteiger partial charge in [0.25, 0.3) is 17.7 Å². The van der Waals surface area contributed by atoms with Crippen LogP contribution in [0.2, 0.25) is 0 Å². The molecule has 5 aromatic rings. The lowest BCUT2D eigenvalue weighted by molar-refractivity contribution is -0.182. The van der Waals surface area contributed by atoms with Crippen molar-refractivity contribution in [3.8, 4) is 22.7 Å². The standard InChI is InChI=1S/C42H40F4N10O6/c1-21-5-7-29(55-20-24(18-49-55)36(58)48-19-32-50-40(53-52-32)41(3,4)42(44,45)46)22(2)35(21)23-6-10-34(47-17-23)62-25-11-13-54(14-12-25)31-16-27-26(15-28(31)43)38(60)56(39(27)61)30-8-9-33(57)51-37(30)59/h5-7,10,15-18,20,25,30H,8-9,11-14,19H2,1-4H3,(H,48,58)(H,50,52,53)(H,51,57,59). The highest BCUT2D eigenvalue weighted by molar-refractivity contribution is 6.23. The highest BCUT2D eigenvalue weighted by atomic mass is 19.4. The largest absolute Gasteiger partial charge is 0.474 e. The maximum absolute atomic E-state index is 15.5. The van der Waals surface area contributed by atoms with E-state index in [0.29, 0.717) is 37.5 Å². The number of H-pyrrole nitrogens is 1. The number of aryl methyl sites for hydroxylation is 1. The Morgan fingerprint density at radius 2 is 1.68 bits per heavy atom. The molecule has 0 aliphatic carbocycles. The van der Waals surface area contributed by atoms with Gasteiger partial charge in [0, 0.05) is 56.4 Å². The second kappa shape index (κ2) is 15.8. The van der Waals surface area contributed by atoms with Crippen molar-refractivity contribution < 1.29 is 46.3 Å². The molecule has 62 heavy (non-hydrogen) atoms. The Morgan fingerprint density at radius 3 is 2.35 bits per heavy atom. The molecule has 1 unspecified atom stereocenters. The van der Waals surface area contributed by atoms with Crippen molar-refractivity contribution in [1.29, 1.82) is 0 Å². The van der Waals surface area contributed by atoms with E-state index in [2.05, 4.69) is 35.9 Å². The molecule has 2 aromatic carbocycles. The lowest BCUT2D eigenvalue weighted by Crippen LogP contribution is -2.54. The van der Waals surface area contributed by atoms with Crippen LogP contribution < -0.4 is 20.3 Å². The third kappa shape index (κ3) is 7.64. The Balaban J connectivity index is 0.883. The Morgan fingerprint density at radius 1 is 0.952 bits per heavy atom. The van der Waals surface area contributed by atoms with Crippen molar-refractivity contribution in [2.24, 2.45) is 0 Å². The van der Waals surface area contributed by atoms with E-state index in [1.54, 1.807) is 28.0 Å². The minimum Gasteiger partial charge on any atom is -0.474 e. The predicted octanol–water partition coefficient (Wildman–Crippen LogP) is 5.03. The van der Waals surface area contributed by atoms with Crippen molar-refractivity contribution in [3.05, 3.63) is 100 Å². The maximum Gasteiger partial charge on any atom is 0.401 e. The smallest absolute Gasteiger partial charge is 0.401 e. The molecule has 3 N–H and O–H groups in total. The fraction of sp³-hybridized carbons (Fsp3) is 0.357. The molecule has 0 bridgehead atoms. The number of hydrogen-bond acceptors (Lipinski definition) is 11. The Kier molecular flexibility index (Phi) is 10.6. The van der Waals surface area contributed by atoms with Crippen LogP contribution in [0.3, 0.4) is 0 Å². The van der Waals surface area contributed by atoms with Gasteiger partial charge in [0.1, 0.15) is 29.2 Å². The number of benzene rings is 2. The molecular formula is C42H40F4N10O6. The molecule has 2 fully saturated rings. The van der Waals surface area contributed by atoms with Gasteiger partial charge in [-0.3, -0.25) is 39.3 Å². The number of imide groups is 2. The van der Waals surface area contributed by atoms with Crippen LogP contribution >= 0.6 is 0 Å².